The van der Waals surface area contributed by atoms with Crippen LogP contribution in [0.3, 0.4) is 0 Å². The Bertz CT molecular complexity index is 571. The highest BCUT2D eigenvalue weighted by atomic mass is 16.5. The first-order valence-corrected chi connectivity index (χ1v) is 13.6. The quantitative estimate of drug-likeness (QED) is 0.422. The summed E-state index contributed by atoms with van der Waals surface area (Å²) >= 11 is 0. The van der Waals surface area contributed by atoms with Gasteiger partial charge < -0.3 is 4.74 Å². The summed E-state index contributed by atoms with van der Waals surface area (Å²) in [5.74, 6) is 5.41. The molecule has 0 radical (unpaired) electrons. The van der Waals surface area contributed by atoms with Crippen molar-refractivity contribution < 1.29 is 9.53 Å². The number of ether oxygens (including phenoxy) is 1. The van der Waals surface area contributed by atoms with E-state index >= 15 is 0 Å². The number of esters is 1. The second kappa shape index (κ2) is 9.95. The molecule has 0 spiro atoms. The van der Waals surface area contributed by atoms with Crippen LogP contribution in [0.1, 0.15) is 119 Å². The van der Waals surface area contributed by atoms with Crippen molar-refractivity contribution in [3.8, 4) is 0 Å². The van der Waals surface area contributed by atoms with E-state index in [0.29, 0.717) is 29.8 Å². The minimum atomic E-state index is 0.00121. The number of carbonyl (C=O) groups is 1. The Kier molecular flexibility index (Phi) is 8.00. The maximum absolute atomic E-state index is 11.9. The normalized spacial score (nSPS) is 43.3. The lowest BCUT2D eigenvalue weighted by Crippen LogP contribution is -2.53. The lowest BCUT2D eigenvalue weighted by molar-refractivity contribution is -0.143. The molecule has 4 rings (SSSR count). The fourth-order valence-electron chi connectivity index (χ4n) is 9.05. The molecule has 0 saturated heterocycles. The maximum atomic E-state index is 11.9. The lowest BCUT2D eigenvalue weighted by atomic mass is 9.44. The molecule has 0 heterocycles. The molecule has 30 heavy (non-hydrogen) atoms. The summed E-state index contributed by atoms with van der Waals surface area (Å²) in [6.07, 6.45) is 16.4. The number of fused-ring (bicyclic) bond motifs is 5. The maximum Gasteiger partial charge on any atom is 0.305 e. The molecule has 0 aromatic carbocycles. The molecule has 4 aliphatic carbocycles. The minimum absolute atomic E-state index is 0.00121. The predicted molar refractivity (Wildman–Crippen MR) is 126 cm³/mol. The number of rotatable bonds is 5. The summed E-state index contributed by atoms with van der Waals surface area (Å²) in [5, 5.41) is 0. The SMILES string of the molecule is CC.CCOC(=O)CC[C@@H](C)C1CCC2C3CCC4CCCCC4(C)C3CCC21C. The summed E-state index contributed by atoms with van der Waals surface area (Å²) in [5.41, 5.74) is 1.17. The van der Waals surface area contributed by atoms with Crippen LogP contribution in [-0.2, 0) is 9.53 Å². The monoisotopic (exact) mass is 418 g/mol. The molecule has 2 nitrogen and oxygen atoms in total. The van der Waals surface area contributed by atoms with E-state index in [1.54, 1.807) is 0 Å². The van der Waals surface area contributed by atoms with Crippen LogP contribution in [0.25, 0.3) is 0 Å². The molecule has 2 heteroatoms. The Balaban J connectivity index is 0.00000124. The van der Waals surface area contributed by atoms with E-state index in [0.717, 1.165) is 36.0 Å². The minimum Gasteiger partial charge on any atom is -0.466 e. The van der Waals surface area contributed by atoms with Gasteiger partial charge in [0.25, 0.3) is 0 Å². The fourth-order valence-corrected chi connectivity index (χ4v) is 9.05. The van der Waals surface area contributed by atoms with Gasteiger partial charge in [0.15, 0.2) is 0 Å². The van der Waals surface area contributed by atoms with Crippen molar-refractivity contribution in [1.29, 1.82) is 0 Å². The van der Waals surface area contributed by atoms with Crippen molar-refractivity contribution in [3.05, 3.63) is 0 Å². The van der Waals surface area contributed by atoms with E-state index in [1.807, 2.05) is 20.8 Å². The van der Waals surface area contributed by atoms with E-state index in [2.05, 4.69) is 20.8 Å². The molecule has 0 aliphatic heterocycles. The van der Waals surface area contributed by atoms with E-state index < -0.39 is 0 Å². The first-order chi connectivity index (χ1) is 14.4. The van der Waals surface area contributed by atoms with E-state index in [-0.39, 0.29) is 5.97 Å². The van der Waals surface area contributed by atoms with Crippen molar-refractivity contribution in [1.82, 2.24) is 0 Å². The zero-order valence-corrected chi connectivity index (χ0v) is 21.0. The summed E-state index contributed by atoms with van der Waals surface area (Å²) in [4.78, 5) is 11.9. The summed E-state index contributed by atoms with van der Waals surface area (Å²) in [6, 6.07) is 0. The molecule has 4 saturated carbocycles. The van der Waals surface area contributed by atoms with Crippen molar-refractivity contribution in [2.24, 2.45) is 46.3 Å². The van der Waals surface area contributed by atoms with Gasteiger partial charge in [-0.2, -0.15) is 0 Å². The third kappa shape index (κ3) is 4.23. The van der Waals surface area contributed by atoms with Crippen LogP contribution in [0.15, 0.2) is 0 Å². The Morgan fingerprint density at radius 2 is 1.67 bits per heavy atom. The Labute approximate surface area is 187 Å². The Morgan fingerprint density at radius 3 is 2.40 bits per heavy atom. The van der Waals surface area contributed by atoms with Crippen LogP contribution >= 0.6 is 0 Å². The Hall–Kier alpha value is -0.530. The predicted octanol–water partition coefficient (Wildman–Crippen LogP) is 8.04. The second-order valence-corrected chi connectivity index (χ2v) is 11.5. The molecule has 0 amide bonds. The number of carbonyl (C=O) groups excluding carboxylic acids is 1. The topological polar surface area (TPSA) is 26.3 Å². The van der Waals surface area contributed by atoms with Crippen LogP contribution in [0, 0.1) is 46.3 Å². The number of hydrogen-bond acceptors (Lipinski definition) is 2. The summed E-state index contributed by atoms with van der Waals surface area (Å²) in [6.45, 7) is 14.2. The molecule has 8 atom stereocenters. The van der Waals surface area contributed by atoms with Crippen molar-refractivity contribution in [2.75, 3.05) is 6.61 Å². The Morgan fingerprint density at radius 1 is 0.933 bits per heavy atom. The summed E-state index contributed by atoms with van der Waals surface area (Å²) in [7, 11) is 0. The van der Waals surface area contributed by atoms with Gasteiger partial charge in [0.05, 0.1) is 6.61 Å². The standard InChI is InChI=1S/C26H44O2.C2H6/c1-5-28-24(27)14-9-18(2)21-12-13-22-20-11-10-19-8-6-7-16-25(19,3)23(20)15-17-26(21,22)4;1-2/h18-23H,5-17H2,1-4H3;1-2H3/t18-,19?,20?,21?,22?,23?,25?,26?;/m1./s1. The highest BCUT2D eigenvalue weighted by molar-refractivity contribution is 5.69. The molecule has 174 valence electrons. The van der Waals surface area contributed by atoms with E-state index in [4.69, 9.17) is 4.74 Å². The number of hydrogen-bond donors (Lipinski definition) is 0. The molecular weight excluding hydrogens is 368 g/mol. The summed E-state index contributed by atoms with van der Waals surface area (Å²) < 4.78 is 5.18. The molecular formula is C28H50O2. The molecule has 0 bridgehead atoms. The first-order valence-electron chi connectivity index (χ1n) is 13.6. The van der Waals surface area contributed by atoms with Crippen LogP contribution in [0.4, 0.5) is 0 Å². The van der Waals surface area contributed by atoms with Crippen LogP contribution in [0.5, 0.6) is 0 Å². The molecule has 0 aromatic rings. The van der Waals surface area contributed by atoms with Gasteiger partial charge in [-0.3, -0.25) is 4.79 Å². The van der Waals surface area contributed by atoms with Crippen molar-refractivity contribution >= 4 is 5.97 Å². The van der Waals surface area contributed by atoms with Gasteiger partial charge in [0, 0.05) is 6.42 Å². The van der Waals surface area contributed by atoms with Crippen LogP contribution < -0.4 is 0 Å². The smallest absolute Gasteiger partial charge is 0.305 e. The van der Waals surface area contributed by atoms with Gasteiger partial charge in [-0.05, 0) is 111 Å². The van der Waals surface area contributed by atoms with Gasteiger partial charge >= 0.3 is 5.97 Å². The molecule has 0 N–H and O–H groups in total. The molecule has 0 aromatic heterocycles. The van der Waals surface area contributed by atoms with Gasteiger partial charge in [0.1, 0.15) is 0 Å². The van der Waals surface area contributed by atoms with Gasteiger partial charge in [-0.15, -0.1) is 0 Å². The third-order valence-corrected chi connectivity index (χ3v) is 10.5. The van der Waals surface area contributed by atoms with Gasteiger partial charge in [0.2, 0.25) is 0 Å². The highest BCUT2D eigenvalue weighted by Gasteiger charge is 2.60. The van der Waals surface area contributed by atoms with E-state index in [9.17, 15) is 4.79 Å². The van der Waals surface area contributed by atoms with E-state index in [1.165, 1.54) is 64.2 Å². The van der Waals surface area contributed by atoms with Crippen molar-refractivity contribution in [2.45, 2.75) is 119 Å². The van der Waals surface area contributed by atoms with Crippen LogP contribution in [-0.4, -0.2) is 12.6 Å². The third-order valence-electron chi connectivity index (χ3n) is 10.5. The molecule has 4 aliphatic rings. The average Bonchev–Trinajstić information content (AvgIpc) is 3.10. The average molecular weight is 419 g/mol. The highest BCUT2D eigenvalue weighted by Crippen LogP contribution is 2.68. The van der Waals surface area contributed by atoms with Gasteiger partial charge in [-0.1, -0.05) is 47.5 Å². The van der Waals surface area contributed by atoms with Crippen molar-refractivity contribution in [3.63, 3.8) is 0 Å². The second-order valence-electron chi connectivity index (χ2n) is 11.5. The molecule has 7 unspecified atom stereocenters. The van der Waals surface area contributed by atoms with Crippen LogP contribution in [0.2, 0.25) is 0 Å². The fraction of sp³-hybridized carbons (Fsp3) is 0.964. The van der Waals surface area contributed by atoms with Gasteiger partial charge in [-0.25, -0.2) is 0 Å². The largest absolute Gasteiger partial charge is 0.466 e. The molecule has 4 fully saturated rings. The first kappa shape index (κ1) is 24.1. The zero-order valence-electron chi connectivity index (χ0n) is 21.0. The zero-order chi connectivity index (χ0) is 21.9. The lowest BCUT2D eigenvalue weighted by Gasteiger charge is -2.61.